The fourth-order valence-corrected chi connectivity index (χ4v) is 2.30. The highest BCUT2D eigenvalue weighted by Gasteiger charge is 2.21. The van der Waals surface area contributed by atoms with Crippen LogP contribution in [0.5, 0.6) is 0 Å². The molecule has 0 aromatic carbocycles. The molecule has 21 heavy (non-hydrogen) atoms. The molecule has 118 valence electrons. The van der Waals surface area contributed by atoms with E-state index < -0.39 is 11.7 Å². The first-order valence-corrected chi connectivity index (χ1v) is 7.47. The highest BCUT2D eigenvalue weighted by molar-refractivity contribution is 5.67. The van der Waals surface area contributed by atoms with E-state index in [2.05, 4.69) is 5.10 Å². The van der Waals surface area contributed by atoms with Gasteiger partial charge in [-0.1, -0.05) is 6.42 Å². The highest BCUT2D eigenvalue weighted by atomic mass is 16.6. The minimum atomic E-state index is -0.519. The van der Waals surface area contributed by atoms with E-state index in [1.54, 1.807) is 17.8 Å². The Kier molecular flexibility index (Phi) is 4.44. The van der Waals surface area contributed by atoms with Gasteiger partial charge in [0, 0.05) is 19.7 Å². The zero-order valence-corrected chi connectivity index (χ0v) is 13.3. The van der Waals surface area contributed by atoms with Crippen LogP contribution in [0.1, 0.15) is 45.7 Å². The summed E-state index contributed by atoms with van der Waals surface area (Å²) in [6.45, 7) is 6.57. The summed E-state index contributed by atoms with van der Waals surface area (Å²) >= 11 is 0. The van der Waals surface area contributed by atoms with E-state index in [4.69, 9.17) is 4.74 Å². The van der Waals surface area contributed by atoms with E-state index in [0.29, 0.717) is 12.5 Å². The molecule has 0 radical (unpaired) electrons. The van der Waals surface area contributed by atoms with Crippen molar-refractivity contribution in [2.24, 2.45) is 5.92 Å². The van der Waals surface area contributed by atoms with Gasteiger partial charge in [-0.2, -0.15) is 0 Å². The maximum atomic E-state index is 11.9. The van der Waals surface area contributed by atoms with Gasteiger partial charge in [0.25, 0.3) is 5.56 Å². The largest absolute Gasteiger partial charge is 0.444 e. The number of aromatic amines is 1. The molecule has 0 spiro atoms. The molecule has 2 rings (SSSR count). The summed E-state index contributed by atoms with van der Waals surface area (Å²) < 4.78 is 6.93. The Hall–Kier alpha value is -1.72. The van der Waals surface area contributed by atoms with E-state index in [1.165, 1.54) is 24.2 Å². The molecule has 1 aromatic heterocycles. The minimum Gasteiger partial charge on any atom is -0.444 e. The van der Waals surface area contributed by atoms with Gasteiger partial charge < -0.3 is 9.64 Å². The molecule has 0 aliphatic heterocycles. The van der Waals surface area contributed by atoms with E-state index >= 15 is 0 Å². The van der Waals surface area contributed by atoms with Gasteiger partial charge in [-0.3, -0.25) is 14.6 Å². The Balaban J connectivity index is 1.94. The van der Waals surface area contributed by atoms with Crippen molar-refractivity contribution in [3.8, 4) is 0 Å². The molecule has 1 aliphatic rings. The van der Waals surface area contributed by atoms with Crippen molar-refractivity contribution in [3.63, 3.8) is 0 Å². The fourth-order valence-electron chi connectivity index (χ4n) is 2.30. The van der Waals surface area contributed by atoms with Crippen molar-refractivity contribution in [1.29, 1.82) is 0 Å². The SMILES string of the molecule is CN(Cc1cc(=O)n(CC2CCC2)[nH]1)C(=O)OC(C)(C)C. The number of nitrogens with one attached hydrogen (secondary N) is 1. The van der Waals surface area contributed by atoms with E-state index in [-0.39, 0.29) is 5.56 Å². The summed E-state index contributed by atoms with van der Waals surface area (Å²) in [6, 6.07) is 1.56. The summed E-state index contributed by atoms with van der Waals surface area (Å²) in [5.41, 5.74) is 0.178. The summed E-state index contributed by atoms with van der Waals surface area (Å²) in [5.74, 6) is 0.609. The molecule has 1 saturated carbocycles. The summed E-state index contributed by atoms with van der Waals surface area (Å²) in [6.07, 6.45) is 3.25. The van der Waals surface area contributed by atoms with E-state index in [1.807, 2.05) is 20.8 Å². The lowest BCUT2D eigenvalue weighted by atomic mass is 9.85. The van der Waals surface area contributed by atoms with Crippen molar-refractivity contribution in [3.05, 3.63) is 22.1 Å². The number of nitrogens with zero attached hydrogens (tertiary/aromatic N) is 2. The predicted octanol–water partition coefficient (Wildman–Crippen LogP) is 2.34. The first-order valence-electron chi connectivity index (χ1n) is 7.47. The average Bonchev–Trinajstić information content (AvgIpc) is 2.62. The molecular formula is C15H25N3O3. The molecule has 0 bridgehead atoms. The lowest BCUT2D eigenvalue weighted by Gasteiger charge is -2.25. The Labute approximate surface area is 125 Å². The van der Waals surface area contributed by atoms with Gasteiger partial charge in [0.1, 0.15) is 5.60 Å². The molecule has 1 amide bonds. The van der Waals surface area contributed by atoms with Crippen molar-refractivity contribution >= 4 is 6.09 Å². The van der Waals surface area contributed by atoms with E-state index in [0.717, 1.165) is 12.2 Å². The van der Waals surface area contributed by atoms with Gasteiger partial charge in [-0.25, -0.2) is 4.79 Å². The second kappa shape index (κ2) is 5.95. The zero-order valence-electron chi connectivity index (χ0n) is 13.3. The third-order valence-corrected chi connectivity index (χ3v) is 3.62. The molecule has 1 aromatic rings. The summed E-state index contributed by atoms with van der Waals surface area (Å²) in [7, 11) is 1.66. The topological polar surface area (TPSA) is 67.3 Å². The molecule has 0 saturated heterocycles. The first kappa shape index (κ1) is 15.7. The maximum Gasteiger partial charge on any atom is 0.410 e. The lowest BCUT2D eigenvalue weighted by molar-refractivity contribution is 0.0282. The van der Waals surface area contributed by atoms with Gasteiger partial charge >= 0.3 is 6.09 Å². The molecule has 0 atom stereocenters. The molecule has 6 nitrogen and oxygen atoms in total. The molecule has 6 heteroatoms. The number of carbonyl (C=O) groups excluding carboxylic acids is 1. The third kappa shape index (κ3) is 4.37. The molecule has 1 fully saturated rings. The number of aromatic nitrogens is 2. The summed E-state index contributed by atoms with van der Waals surface area (Å²) in [4.78, 5) is 25.2. The average molecular weight is 295 g/mol. The monoisotopic (exact) mass is 295 g/mol. The normalized spacial score (nSPS) is 15.6. The van der Waals surface area contributed by atoms with Crippen LogP contribution >= 0.6 is 0 Å². The second-order valence-electron chi connectivity index (χ2n) is 6.86. The first-order chi connectivity index (χ1) is 9.74. The van der Waals surface area contributed by atoms with Crippen LogP contribution in [0.2, 0.25) is 0 Å². The number of ether oxygens (including phenoxy) is 1. The molecule has 1 aliphatic carbocycles. The number of hydrogen-bond acceptors (Lipinski definition) is 3. The number of amides is 1. The fraction of sp³-hybridized carbons (Fsp3) is 0.733. The number of H-pyrrole nitrogens is 1. The number of carbonyl (C=O) groups is 1. The zero-order chi connectivity index (χ0) is 15.6. The molecule has 0 unspecified atom stereocenters. The highest BCUT2D eigenvalue weighted by Crippen LogP contribution is 2.27. The van der Waals surface area contributed by atoms with Crippen molar-refractivity contribution < 1.29 is 9.53 Å². The minimum absolute atomic E-state index is 0.0329. The molecule has 1 N–H and O–H groups in total. The lowest BCUT2D eigenvalue weighted by Crippen LogP contribution is -2.33. The van der Waals surface area contributed by atoms with Crippen LogP contribution in [0.3, 0.4) is 0 Å². The predicted molar refractivity (Wildman–Crippen MR) is 80.1 cm³/mol. The Bertz CT molecular complexity index is 549. The standard InChI is InChI=1S/C15H25N3O3/c1-15(2,3)21-14(20)17(4)10-12-8-13(19)18(16-12)9-11-6-5-7-11/h8,11,16H,5-7,9-10H2,1-4H3. The third-order valence-electron chi connectivity index (χ3n) is 3.62. The second-order valence-corrected chi connectivity index (χ2v) is 6.86. The maximum absolute atomic E-state index is 11.9. The van der Waals surface area contributed by atoms with Gasteiger partial charge in [0.05, 0.1) is 12.2 Å². The molecular weight excluding hydrogens is 270 g/mol. The van der Waals surface area contributed by atoms with E-state index in [9.17, 15) is 9.59 Å². The Morgan fingerprint density at radius 2 is 2.14 bits per heavy atom. The van der Waals surface area contributed by atoms with Crippen molar-refractivity contribution in [2.45, 2.75) is 58.7 Å². The quantitative estimate of drug-likeness (QED) is 0.927. The summed E-state index contributed by atoms with van der Waals surface area (Å²) in [5, 5.41) is 3.08. The van der Waals surface area contributed by atoms with Gasteiger partial charge in [0.2, 0.25) is 0 Å². The Morgan fingerprint density at radius 3 is 2.67 bits per heavy atom. The van der Waals surface area contributed by atoms with Gasteiger partial charge in [-0.05, 0) is 39.5 Å². The van der Waals surface area contributed by atoms with Crippen LogP contribution in [0, 0.1) is 5.92 Å². The van der Waals surface area contributed by atoms with Crippen LogP contribution in [-0.2, 0) is 17.8 Å². The number of hydrogen-bond donors (Lipinski definition) is 1. The van der Waals surface area contributed by atoms with Crippen molar-refractivity contribution in [1.82, 2.24) is 14.7 Å². The molecule has 1 heterocycles. The van der Waals surface area contributed by atoms with Crippen LogP contribution in [0.25, 0.3) is 0 Å². The smallest absolute Gasteiger partial charge is 0.410 e. The Morgan fingerprint density at radius 1 is 1.48 bits per heavy atom. The van der Waals surface area contributed by atoms with Crippen LogP contribution < -0.4 is 5.56 Å². The van der Waals surface area contributed by atoms with Crippen LogP contribution in [0.15, 0.2) is 10.9 Å². The van der Waals surface area contributed by atoms with Crippen LogP contribution in [0.4, 0.5) is 4.79 Å². The number of rotatable bonds is 4. The van der Waals surface area contributed by atoms with Crippen LogP contribution in [-0.4, -0.2) is 33.4 Å². The van der Waals surface area contributed by atoms with Crippen molar-refractivity contribution in [2.75, 3.05) is 7.05 Å². The van der Waals surface area contributed by atoms with Gasteiger partial charge in [0.15, 0.2) is 0 Å². The van der Waals surface area contributed by atoms with Gasteiger partial charge in [-0.15, -0.1) is 0 Å².